The molecule has 0 aliphatic heterocycles. The van der Waals surface area contributed by atoms with Crippen LogP contribution in [0, 0.1) is 0 Å². The van der Waals surface area contributed by atoms with Crippen LogP contribution in [0.15, 0.2) is 122 Å². The average molecular weight is 998 g/mol. The largest absolute Gasteiger partial charge is 0.462 e. The number of esters is 3. The second-order valence-electron chi connectivity index (χ2n) is 19.1. The van der Waals surface area contributed by atoms with Gasteiger partial charge in [0.15, 0.2) is 6.10 Å². The number of unbranched alkanes of at least 4 members (excludes halogenated alkanes) is 21. The van der Waals surface area contributed by atoms with Crippen LogP contribution in [0.3, 0.4) is 0 Å². The van der Waals surface area contributed by atoms with Gasteiger partial charge in [0.2, 0.25) is 0 Å². The van der Waals surface area contributed by atoms with Gasteiger partial charge in [-0.1, -0.05) is 239 Å². The lowest BCUT2D eigenvalue weighted by molar-refractivity contribution is -0.167. The highest BCUT2D eigenvalue weighted by Gasteiger charge is 2.19. The molecular formula is C66H108O6. The summed E-state index contributed by atoms with van der Waals surface area (Å²) < 4.78 is 16.8. The van der Waals surface area contributed by atoms with Crippen molar-refractivity contribution in [3.8, 4) is 0 Å². The number of rotatable bonds is 52. The Labute approximate surface area is 443 Å². The van der Waals surface area contributed by atoms with E-state index >= 15 is 0 Å². The molecule has 0 aromatic carbocycles. The van der Waals surface area contributed by atoms with Crippen LogP contribution in [0.2, 0.25) is 0 Å². The number of ether oxygens (including phenoxy) is 3. The summed E-state index contributed by atoms with van der Waals surface area (Å²) in [6, 6.07) is 0. The Kier molecular flexibility index (Phi) is 55.9. The minimum atomic E-state index is -0.795. The fourth-order valence-corrected chi connectivity index (χ4v) is 7.82. The summed E-state index contributed by atoms with van der Waals surface area (Å²) in [7, 11) is 0. The molecular weight excluding hydrogens is 889 g/mol. The van der Waals surface area contributed by atoms with Crippen molar-refractivity contribution in [2.75, 3.05) is 13.2 Å². The van der Waals surface area contributed by atoms with Crippen molar-refractivity contribution in [1.29, 1.82) is 0 Å². The molecule has 1 unspecified atom stereocenters. The van der Waals surface area contributed by atoms with Crippen molar-refractivity contribution in [3.63, 3.8) is 0 Å². The molecule has 6 heteroatoms. The zero-order chi connectivity index (χ0) is 52.2. The molecule has 0 amide bonds. The first-order valence-electron chi connectivity index (χ1n) is 29.5. The first-order chi connectivity index (χ1) is 35.5. The lowest BCUT2D eigenvalue weighted by atomic mass is 10.1. The van der Waals surface area contributed by atoms with Gasteiger partial charge in [-0.25, -0.2) is 0 Å². The first-order valence-corrected chi connectivity index (χ1v) is 29.5. The van der Waals surface area contributed by atoms with Crippen LogP contribution >= 0.6 is 0 Å². The fourth-order valence-electron chi connectivity index (χ4n) is 7.82. The van der Waals surface area contributed by atoms with E-state index < -0.39 is 6.10 Å². The Morgan fingerprint density at radius 1 is 0.292 bits per heavy atom. The van der Waals surface area contributed by atoms with E-state index in [0.29, 0.717) is 19.3 Å². The predicted octanol–water partition coefficient (Wildman–Crippen LogP) is 20.0. The fraction of sp³-hybridized carbons (Fsp3) is 0.652. The molecule has 0 saturated heterocycles. The van der Waals surface area contributed by atoms with Crippen molar-refractivity contribution in [3.05, 3.63) is 122 Å². The lowest BCUT2D eigenvalue weighted by Crippen LogP contribution is -2.30. The number of allylic oxidation sites excluding steroid dienone is 20. The van der Waals surface area contributed by atoms with Crippen LogP contribution in [-0.4, -0.2) is 37.2 Å². The highest BCUT2D eigenvalue weighted by molar-refractivity contribution is 5.71. The Balaban J connectivity index is 4.33. The van der Waals surface area contributed by atoms with Gasteiger partial charge in [-0.05, 0) is 122 Å². The highest BCUT2D eigenvalue weighted by atomic mass is 16.6. The third-order valence-electron chi connectivity index (χ3n) is 12.2. The summed E-state index contributed by atoms with van der Waals surface area (Å²) in [6.45, 7) is 6.33. The van der Waals surface area contributed by atoms with Gasteiger partial charge in [0, 0.05) is 19.3 Å². The van der Waals surface area contributed by atoms with E-state index in [1.165, 1.54) is 64.2 Å². The van der Waals surface area contributed by atoms with Crippen molar-refractivity contribution in [2.24, 2.45) is 0 Å². The third-order valence-corrected chi connectivity index (χ3v) is 12.2. The summed E-state index contributed by atoms with van der Waals surface area (Å²) in [5, 5.41) is 0. The third kappa shape index (κ3) is 56.7. The van der Waals surface area contributed by atoms with Gasteiger partial charge >= 0.3 is 17.9 Å². The number of hydrogen-bond donors (Lipinski definition) is 0. The summed E-state index contributed by atoms with van der Waals surface area (Å²) in [5.41, 5.74) is 0. The zero-order valence-corrected chi connectivity index (χ0v) is 46.7. The Bertz CT molecular complexity index is 1520. The van der Waals surface area contributed by atoms with E-state index in [-0.39, 0.29) is 31.1 Å². The van der Waals surface area contributed by atoms with Crippen LogP contribution in [0.5, 0.6) is 0 Å². The van der Waals surface area contributed by atoms with Gasteiger partial charge in [-0.2, -0.15) is 0 Å². The molecule has 0 fully saturated rings. The molecule has 0 spiro atoms. The standard InChI is InChI=1S/C66H108O6/c1-4-7-10-13-16-19-22-24-26-28-30-31-32-33-34-35-37-38-40-42-44-47-50-53-56-59-65(68)71-62-63(61-70-64(67)58-55-52-49-46-21-18-15-12-9-6-3)72-66(69)60-57-54-51-48-45-43-41-39-36-29-27-25-23-20-17-14-11-8-5-2/h7-8,10-12,15-17,19-20,24-27,30-31,33-34,36,39,63H,4-6,9,13-14,18,21-23,28-29,32,35,37-38,40-62H2,1-3H3/b10-7-,11-8-,15-12-,19-16-,20-17-,26-24-,27-25-,31-30-,34-33-,39-36-. The maximum absolute atomic E-state index is 12.9. The van der Waals surface area contributed by atoms with E-state index in [9.17, 15) is 14.4 Å². The minimum Gasteiger partial charge on any atom is -0.462 e. The smallest absolute Gasteiger partial charge is 0.306 e. The average Bonchev–Trinajstić information content (AvgIpc) is 3.38. The Morgan fingerprint density at radius 3 is 0.861 bits per heavy atom. The first kappa shape index (κ1) is 67.8. The molecule has 0 aromatic rings. The van der Waals surface area contributed by atoms with Gasteiger partial charge in [0.25, 0.3) is 0 Å². The Morgan fingerprint density at radius 2 is 0.542 bits per heavy atom. The van der Waals surface area contributed by atoms with Gasteiger partial charge < -0.3 is 14.2 Å². The molecule has 0 bridgehead atoms. The topological polar surface area (TPSA) is 78.9 Å². The number of carbonyl (C=O) groups excluding carboxylic acids is 3. The highest BCUT2D eigenvalue weighted by Crippen LogP contribution is 2.15. The van der Waals surface area contributed by atoms with E-state index in [2.05, 4.69) is 142 Å². The Hall–Kier alpha value is -4.19. The van der Waals surface area contributed by atoms with E-state index in [4.69, 9.17) is 14.2 Å². The molecule has 0 aromatic heterocycles. The molecule has 0 saturated carbocycles. The number of hydrogen-bond acceptors (Lipinski definition) is 6. The van der Waals surface area contributed by atoms with Crippen molar-refractivity contribution in [2.45, 2.75) is 264 Å². The van der Waals surface area contributed by atoms with E-state index in [0.717, 1.165) is 154 Å². The van der Waals surface area contributed by atoms with Crippen LogP contribution < -0.4 is 0 Å². The molecule has 72 heavy (non-hydrogen) atoms. The van der Waals surface area contributed by atoms with Gasteiger partial charge in [0.1, 0.15) is 13.2 Å². The second-order valence-corrected chi connectivity index (χ2v) is 19.1. The summed E-state index contributed by atoms with van der Waals surface area (Å²) in [6.07, 6.45) is 82.0. The van der Waals surface area contributed by atoms with E-state index in [1.54, 1.807) is 0 Å². The zero-order valence-electron chi connectivity index (χ0n) is 46.7. The molecule has 0 aliphatic carbocycles. The molecule has 0 N–H and O–H groups in total. The maximum atomic E-state index is 12.9. The van der Waals surface area contributed by atoms with Crippen LogP contribution in [0.4, 0.5) is 0 Å². The van der Waals surface area contributed by atoms with Gasteiger partial charge in [0.05, 0.1) is 0 Å². The molecule has 0 heterocycles. The molecule has 0 aliphatic rings. The predicted molar refractivity (Wildman–Crippen MR) is 311 cm³/mol. The van der Waals surface area contributed by atoms with Crippen molar-refractivity contribution >= 4 is 17.9 Å². The summed E-state index contributed by atoms with van der Waals surface area (Å²) >= 11 is 0. The summed E-state index contributed by atoms with van der Waals surface area (Å²) in [5.74, 6) is -0.924. The quantitative estimate of drug-likeness (QED) is 0.0261. The minimum absolute atomic E-state index is 0.0923. The molecule has 1 atom stereocenters. The summed E-state index contributed by atoms with van der Waals surface area (Å²) in [4.78, 5) is 38.1. The second kappa shape index (κ2) is 59.4. The van der Waals surface area contributed by atoms with Gasteiger partial charge in [-0.15, -0.1) is 0 Å². The number of carbonyl (C=O) groups is 3. The molecule has 6 nitrogen and oxygen atoms in total. The van der Waals surface area contributed by atoms with Gasteiger partial charge in [-0.3, -0.25) is 14.4 Å². The van der Waals surface area contributed by atoms with Crippen molar-refractivity contribution < 1.29 is 28.6 Å². The van der Waals surface area contributed by atoms with Crippen LogP contribution in [0.25, 0.3) is 0 Å². The van der Waals surface area contributed by atoms with Crippen LogP contribution in [-0.2, 0) is 28.6 Å². The molecule has 0 radical (unpaired) electrons. The van der Waals surface area contributed by atoms with Crippen LogP contribution in [0.1, 0.15) is 258 Å². The molecule has 408 valence electrons. The maximum Gasteiger partial charge on any atom is 0.306 e. The SMILES string of the molecule is CC/C=C\C/C=C\C/C=C\C/C=C\C/C=C\CCCCCCCCCCCC(=O)OCC(COC(=O)CCCCCCC/C=C\CCC)OC(=O)CCCCCCCC/C=C\C/C=C\C/C=C\C/C=C\CC. The normalized spacial score (nSPS) is 13.0. The molecule has 0 rings (SSSR count). The van der Waals surface area contributed by atoms with E-state index in [1.807, 2.05) is 0 Å². The monoisotopic (exact) mass is 997 g/mol. The lowest BCUT2D eigenvalue weighted by Gasteiger charge is -2.18. The van der Waals surface area contributed by atoms with Crippen molar-refractivity contribution in [1.82, 2.24) is 0 Å².